The fraction of sp³-hybridized carbons (Fsp3) is 0.136. The third-order valence-electron chi connectivity index (χ3n) is 4.94. The van der Waals surface area contributed by atoms with Crippen LogP contribution in [0.2, 0.25) is 0 Å². The quantitative estimate of drug-likeness (QED) is 0.457. The van der Waals surface area contributed by atoms with Crippen molar-refractivity contribution in [1.29, 1.82) is 0 Å². The second kappa shape index (κ2) is 7.75. The first kappa shape index (κ1) is 19.3. The smallest absolute Gasteiger partial charge is 0.319 e. The first-order valence-electron chi connectivity index (χ1n) is 9.43. The summed E-state index contributed by atoms with van der Waals surface area (Å²) in [6.45, 7) is 2.30. The van der Waals surface area contributed by atoms with Crippen LogP contribution in [0, 0.1) is 6.92 Å². The summed E-state index contributed by atoms with van der Waals surface area (Å²) >= 11 is 0. The van der Waals surface area contributed by atoms with E-state index in [2.05, 4.69) is 15.6 Å². The Morgan fingerprint density at radius 2 is 1.87 bits per heavy atom. The lowest BCUT2D eigenvalue weighted by Crippen LogP contribution is -2.34. The minimum absolute atomic E-state index is 0.283. The van der Waals surface area contributed by atoms with Gasteiger partial charge in [0.05, 0.1) is 16.7 Å². The van der Waals surface area contributed by atoms with Gasteiger partial charge in [-0.25, -0.2) is 4.79 Å². The van der Waals surface area contributed by atoms with Gasteiger partial charge in [0.1, 0.15) is 0 Å². The van der Waals surface area contributed by atoms with Gasteiger partial charge in [0.15, 0.2) is 0 Å². The third kappa shape index (κ3) is 3.75. The predicted molar refractivity (Wildman–Crippen MR) is 116 cm³/mol. The summed E-state index contributed by atoms with van der Waals surface area (Å²) in [6, 6.07) is 14.6. The second-order valence-corrected chi connectivity index (χ2v) is 7.07. The first-order chi connectivity index (χ1) is 14.4. The van der Waals surface area contributed by atoms with E-state index in [4.69, 9.17) is 0 Å². The molecule has 0 saturated carbocycles. The van der Waals surface area contributed by atoms with Crippen molar-refractivity contribution in [3.8, 4) is 5.69 Å². The highest BCUT2D eigenvalue weighted by molar-refractivity contribution is 5.89. The molecule has 3 N–H and O–H groups in total. The largest absolute Gasteiger partial charge is 0.334 e. The number of rotatable bonds is 4. The molecule has 0 unspecified atom stereocenters. The van der Waals surface area contributed by atoms with E-state index in [1.165, 1.54) is 4.57 Å². The number of nitrogens with one attached hydrogen (secondary N) is 3. The maximum absolute atomic E-state index is 12.1. The highest BCUT2D eigenvalue weighted by Crippen LogP contribution is 2.21. The van der Waals surface area contributed by atoms with Crippen LogP contribution in [-0.4, -0.2) is 20.1 Å². The SMILES string of the molecule is Cc1cc2[nH]c(=O)c(=O)n(C)c2cc1-n1ccc(CNC(=O)Nc2ccccc2)c1. The second-order valence-electron chi connectivity index (χ2n) is 7.07. The molecule has 4 rings (SSSR count). The molecule has 2 aromatic carbocycles. The van der Waals surface area contributed by atoms with Gasteiger partial charge in [0.25, 0.3) is 0 Å². The van der Waals surface area contributed by atoms with Crippen LogP contribution in [0.5, 0.6) is 0 Å². The van der Waals surface area contributed by atoms with Gasteiger partial charge < -0.3 is 24.8 Å². The van der Waals surface area contributed by atoms with Gasteiger partial charge in [-0.15, -0.1) is 0 Å². The topological polar surface area (TPSA) is 101 Å². The Hall–Kier alpha value is -4.07. The molecule has 0 atom stereocenters. The van der Waals surface area contributed by atoms with E-state index in [1.807, 2.05) is 72.4 Å². The number of nitrogens with zero attached hydrogens (tertiary/aromatic N) is 2. The fourth-order valence-corrected chi connectivity index (χ4v) is 3.35. The van der Waals surface area contributed by atoms with E-state index in [1.54, 1.807) is 7.05 Å². The third-order valence-corrected chi connectivity index (χ3v) is 4.94. The monoisotopic (exact) mass is 403 g/mol. The molecule has 0 aliphatic carbocycles. The fourth-order valence-electron chi connectivity index (χ4n) is 3.35. The minimum Gasteiger partial charge on any atom is -0.334 e. The van der Waals surface area contributed by atoms with E-state index >= 15 is 0 Å². The standard InChI is InChI=1S/C22H21N5O3/c1-14-10-17-19(26(2)21(29)20(28)25-17)11-18(14)27-9-8-15(13-27)12-23-22(30)24-16-6-4-3-5-7-16/h3-11,13H,12H2,1-2H3,(H,25,28)(H2,23,24,30). The predicted octanol–water partition coefficient (Wildman–Crippen LogP) is 2.65. The number of anilines is 1. The van der Waals surface area contributed by atoms with E-state index in [0.717, 1.165) is 22.5 Å². The number of amides is 2. The van der Waals surface area contributed by atoms with E-state index < -0.39 is 11.1 Å². The number of carbonyl (C=O) groups excluding carboxylic acids is 1. The number of benzene rings is 2. The van der Waals surface area contributed by atoms with E-state index in [0.29, 0.717) is 17.6 Å². The van der Waals surface area contributed by atoms with Gasteiger partial charge in [-0.2, -0.15) is 0 Å². The zero-order valence-corrected chi connectivity index (χ0v) is 16.6. The number of fused-ring (bicyclic) bond motifs is 1. The van der Waals surface area contributed by atoms with Crippen molar-refractivity contribution in [1.82, 2.24) is 19.4 Å². The molecule has 2 heterocycles. The summed E-state index contributed by atoms with van der Waals surface area (Å²) in [4.78, 5) is 38.4. The molecular weight excluding hydrogens is 382 g/mol. The molecule has 8 nitrogen and oxygen atoms in total. The molecule has 0 fully saturated rings. The molecule has 2 aromatic heterocycles. The average Bonchev–Trinajstić information content (AvgIpc) is 3.20. The molecule has 0 bridgehead atoms. The highest BCUT2D eigenvalue weighted by atomic mass is 16.2. The molecule has 4 aromatic rings. The van der Waals surface area contributed by atoms with Crippen molar-refractivity contribution in [2.45, 2.75) is 13.5 Å². The summed E-state index contributed by atoms with van der Waals surface area (Å²) < 4.78 is 3.27. The minimum atomic E-state index is -0.639. The van der Waals surface area contributed by atoms with Crippen molar-refractivity contribution in [2.24, 2.45) is 7.05 Å². The molecule has 2 amide bonds. The van der Waals surface area contributed by atoms with E-state index in [-0.39, 0.29) is 6.03 Å². The lowest BCUT2D eigenvalue weighted by molar-refractivity contribution is 0.251. The molecular formula is C22H21N5O3. The Bertz CT molecular complexity index is 1350. The summed E-state index contributed by atoms with van der Waals surface area (Å²) in [7, 11) is 1.58. The van der Waals surface area contributed by atoms with Gasteiger partial charge in [-0.05, 0) is 48.4 Å². The number of urea groups is 1. The number of H-pyrrole nitrogens is 1. The highest BCUT2D eigenvalue weighted by Gasteiger charge is 2.10. The zero-order chi connectivity index (χ0) is 21.3. The molecule has 0 aliphatic rings. The Morgan fingerprint density at radius 3 is 2.63 bits per heavy atom. The molecule has 30 heavy (non-hydrogen) atoms. The molecule has 8 heteroatoms. The van der Waals surface area contributed by atoms with E-state index in [9.17, 15) is 14.4 Å². The number of para-hydroxylation sites is 1. The summed E-state index contributed by atoms with van der Waals surface area (Å²) in [5.41, 5.74) is 3.47. The van der Waals surface area contributed by atoms with Crippen LogP contribution in [-0.2, 0) is 13.6 Å². The normalized spacial score (nSPS) is 10.9. The van der Waals surface area contributed by atoms with Crippen molar-refractivity contribution >= 4 is 22.8 Å². The number of carbonyl (C=O) groups is 1. The van der Waals surface area contributed by atoms with Crippen LogP contribution >= 0.6 is 0 Å². The van der Waals surface area contributed by atoms with Gasteiger partial charge in [-0.3, -0.25) is 9.59 Å². The molecule has 0 radical (unpaired) electrons. The molecule has 0 aliphatic heterocycles. The Balaban J connectivity index is 1.54. The molecule has 0 saturated heterocycles. The Kier molecular flexibility index (Phi) is 4.97. The van der Waals surface area contributed by atoms with Crippen molar-refractivity contribution < 1.29 is 4.79 Å². The van der Waals surface area contributed by atoms with Crippen LogP contribution in [0.15, 0.2) is 70.5 Å². The lowest BCUT2D eigenvalue weighted by atomic mass is 10.1. The van der Waals surface area contributed by atoms with Crippen LogP contribution < -0.4 is 21.8 Å². The van der Waals surface area contributed by atoms with Crippen LogP contribution in [0.25, 0.3) is 16.7 Å². The molecule has 152 valence electrons. The summed E-state index contributed by atoms with van der Waals surface area (Å²) in [6.07, 6.45) is 3.81. The van der Waals surface area contributed by atoms with Gasteiger partial charge in [-0.1, -0.05) is 18.2 Å². The number of hydrogen-bond donors (Lipinski definition) is 3. The lowest BCUT2D eigenvalue weighted by Gasteiger charge is -2.11. The van der Waals surface area contributed by atoms with Crippen LogP contribution in [0.3, 0.4) is 0 Å². The number of hydrogen-bond acceptors (Lipinski definition) is 3. The Morgan fingerprint density at radius 1 is 1.10 bits per heavy atom. The number of aromatic nitrogens is 3. The van der Waals surface area contributed by atoms with Crippen molar-refractivity contribution in [2.75, 3.05) is 5.32 Å². The van der Waals surface area contributed by atoms with Crippen LogP contribution in [0.1, 0.15) is 11.1 Å². The molecule has 0 spiro atoms. The summed E-state index contributed by atoms with van der Waals surface area (Å²) in [5, 5.41) is 5.61. The zero-order valence-electron chi connectivity index (χ0n) is 16.6. The van der Waals surface area contributed by atoms with Gasteiger partial charge >= 0.3 is 17.1 Å². The van der Waals surface area contributed by atoms with Gasteiger partial charge in [0, 0.05) is 31.7 Å². The maximum atomic E-state index is 12.1. The summed E-state index contributed by atoms with van der Waals surface area (Å²) in [5.74, 6) is 0. The van der Waals surface area contributed by atoms with Crippen LogP contribution in [0.4, 0.5) is 10.5 Å². The first-order valence-corrected chi connectivity index (χ1v) is 9.43. The maximum Gasteiger partial charge on any atom is 0.319 e. The number of aromatic amines is 1. The average molecular weight is 403 g/mol. The van der Waals surface area contributed by atoms with Crippen molar-refractivity contribution in [3.05, 3.63) is 92.8 Å². The van der Waals surface area contributed by atoms with Gasteiger partial charge in [0.2, 0.25) is 0 Å². The Labute approximate surface area is 171 Å². The van der Waals surface area contributed by atoms with Crippen molar-refractivity contribution in [3.63, 3.8) is 0 Å². The number of aryl methyl sites for hydroxylation is 2.